The lowest BCUT2D eigenvalue weighted by Crippen LogP contribution is -2.53. The number of carbonyl (C=O) groups is 1. The third-order valence-electron chi connectivity index (χ3n) is 2.32. The SMILES string of the molecule is CCOC(=O)N1CCNCC1CC. The average molecular weight is 186 g/mol. The molecule has 1 heterocycles. The molecule has 13 heavy (non-hydrogen) atoms. The number of hydrogen-bond acceptors (Lipinski definition) is 3. The Balaban J connectivity index is 2.48. The predicted molar refractivity (Wildman–Crippen MR) is 50.7 cm³/mol. The number of nitrogens with one attached hydrogen (secondary N) is 1. The molecule has 0 aromatic carbocycles. The molecule has 0 spiro atoms. The molecule has 1 fully saturated rings. The Labute approximate surface area is 79.2 Å². The number of amides is 1. The molecule has 0 bridgehead atoms. The van der Waals surface area contributed by atoms with Gasteiger partial charge in [-0.2, -0.15) is 0 Å². The fourth-order valence-corrected chi connectivity index (χ4v) is 1.57. The van der Waals surface area contributed by atoms with Crippen molar-refractivity contribution in [2.45, 2.75) is 26.3 Å². The molecule has 1 amide bonds. The Morgan fingerprint density at radius 2 is 2.38 bits per heavy atom. The average Bonchev–Trinajstić information content (AvgIpc) is 2.18. The van der Waals surface area contributed by atoms with Gasteiger partial charge in [0.05, 0.1) is 6.61 Å². The van der Waals surface area contributed by atoms with Crippen LogP contribution < -0.4 is 5.32 Å². The van der Waals surface area contributed by atoms with Crippen LogP contribution in [-0.2, 0) is 4.74 Å². The molecule has 1 aliphatic heterocycles. The molecule has 0 saturated carbocycles. The highest BCUT2D eigenvalue weighted by molar-refractivity contribution is 5.68. The lowest BCUT2D eigenvalue weighted by Gasteiger charge is -2.34. The van der Waals surface area contributed by atoms with Gasteiger partial charge in [0.2, 0.25) is 0 Å². The van der Waals surface area contributed by atoms with Crippen LogP contribution in [0.3, 0.4) is 0 Å². The Hall–Kier alpha value is -0.770. The topological polar surface area (TPSA) is 41.6 Å². The summed E-state index contributed by atoms with van der Waals surface area (Å²) in [6.45, 7) is 6.89. The molecule has 1 atom stereocenters. The molecule has 0 aliphatic carbocycles. The number of nitrogens with zero attached hydrogens (tertiary/aromatic N) is 1. The molecule has 0 radical (unpaired) electrons. The van der Waals surface area contributed by atoms with Gasteiger partial charge in [-0.25, -0.2) is 4.79 Å². The molecule has 76 valence electrons. The normalized spacial score (nSPS) is 22.9. The maximum Gasteiger partial charge on any atom is 0.410 e. The summed E-state index contributed by atoms with van der Waals surface area (Å²) in [6, 6.07) is 0.299. The first-order chi connectivity index (χ1) is 6.29. The van der Waals surface area contributed by atoms with Crippen molar-refractivity contribution in [1.82, 2.24) is 10.2 Å². The molecular weight excluding hydrogens is 168 g/mol. The van der Waals surface area contributed by atoms with Gasteiger partial charge in [0.15, 0.2) is 0 Å². The Morgan fingerprint density at radius 1 is 1.62 bits per heavy atom. The van der Waals surface area contributed by atoms with E-state index in [4.69, 9.17) is 4.74 Å². The lowest BCUT2D eigenvalue weighted by molar-refractivity contribution is 0.0803. The quantitative estimate of drug-likeness (QED) is 0.694. The lowest BCUT2D eigenvalue weighted by atomic mass is 10.1. The van der Waals surface area contributed by atoms with Crippen molar-refractivity contribution in [3.63, 3.8) is 0 Å². The zero-order valence-electron chi connectivity index (χ0n) is 8.38. The summed E-state index contributed by atoms with van der Waals surface area (Å²) in [7, 11) is 0. The van der Waals surface area contributed by atoms with Crippen LogP contribution in [0.15, 0.2) is 0 Å². The van der Waals surface area contributed by atoms with Gasteiger partial charge in [0, 0.05) is 25.7 Å². The van der Waals surface area contributed by atoms with Crippen molar-refractivity contribution >= 4 is 6.09 Å². The molecule has 4 heteroatoms. The van der Waals surface area contributed by atoms with Gasteiger partial charge >= 0.3 is 6.09 Å². The minimum Gasteiger partial charge on any atom is -0.450 e. The molecule has 1 rings (SSSR count). The first-order valence-corrected chi connectivity index (χ1v) is 4.93. The number of piperazine rings is 1. The van der Waals surface area contributed by atoms with Crippen LogP contribution in [0.4, 0.5) is 4.79 Å². The third kappa shape index (κ3) is 2.59. The van der Waals surface area contributed by atoms with E-state index in [1.54, 1.807) is 0 Å². The van der Waals surface area contributed by atoms with Gasteiger partial charge in [-0.1, -0.05) is 6.92 Å². The number of hydrogen-bond donors (Lipinski definition) is 1. The van der Waals surface area contributed by atoms with Crippen molar-refractivity contribution in [2.75, 3.05) is 26.2 Å². The van der Waals surface area contributed by atoms with E-state index in [9.17, 15) is 4.79 Å². The Morgan fingerprint density at radius 3 is 3.00 bits per heavy atom. The summed E-state index contributed by atoms with van der Waals surface area (Å²) in [4.78, 5) is 13.3. The van der Waals surface area contributed by atoms with E-state index >= 15 is 0 Å². The summed E-state index contributed by atoms with van der Waals surface area (Å²) in [5.41, 5.74) is 0. The van der Waals surface area contributed by atoms with Crippen LogP contribution in [-0.4, -0.2) is 43.3 Å². The van der Waals surface area contributed by atoms with Crippen LogP contribution in [0.5, 0.6) is 0 Å². The second-order valence-corrected chi connectivity index (χ2v) is 3.16. The van der Waals surface area contributed by atoms with Gasteiger partial charge in [-0.05, 0) is 13.3 Å². The fourth-order valence-electron chi connectivity index (χ4n) is 1.57. The standard InChI is InChI=1S/C9H18N2O2/c1-3-8-7-10-5-6-11(8)9(12)13-4-2/h8,10H,3-7H2,1-2H3. The summed E-state index contributed by atoms with van der Waals surface area (Å²) in [5, 5.41) is 3.26. The van der Waals surface area contributed by atoms with Gasteiger partial charge < -0.3 is 15.0 Å². The summed E-state index contributed by atoms with van der Waals surface area (Å²) >= 11 is 0. The van der Waals surface area contributed by atoms with Crippen LogP contribution in [0.2, 0.25) is 0 Å². The highest BCUT2D eigenvalue weighted by atomic mass is 16.6. The second kappa shape index (κ2) is 5.07. The Kier molecular flexibility index (Phi) is 4.02. The molecular formula is C9H18N2O2. The van der Waals surface area contributed by atoms with E-state index < -0.39 is 0 Å². The maximum absolute atomic E-state index is 11.4. The summed E-state index contributed by atoms with van der Waals surface area (Å²) in [5.74, 6) is 0. The third-order valence-corrected chi connectivity index (χ3v) is 2.32. The van der Waals surface area contributed by atoms with E-state index in [0.717, 1.165) is 26.1 Å². The van der Waals surface area contributed by atoms with E-state index in [1.165, 1.54) is 0 Å². The molecule has 1 N–H and O–H groups in total. The molecule has 1 saturated heterocycles. The second-order valence-electron chi connectivity index (χ2n) is 3.16. The monoisotopic (exact) mass is 186 g/mol. The summed E-state index contributed by atoms with van der Waals surface area (Å²) < 4.78 is 4.97. The van der Waals surface area contributed by atoms with E-state index in [0.29, 0.717) is 12.6 Å². The molecule has 1 aliphatic rings. The zero-order chi connectivity index (χ0) is 9.68. The van der Waals surface area contributed by atoms with Crippen molar-refractivity contribution in [3.8, 4) is 0 Å². The predicted octanol–water partition coefficient (Wildman–Crippen LogP) is 0.827. The molecule has 4 nitrogen and oxygen atoms in total. The first-order valence-electron chi connectivity index (χ1n) is 4.93. The largest absolute Gasteiger partial charge is 0.450 e. The zero-order valence-corrected chi connectivity index (χ0v) is 8.38. The van der Waals surface area contributed by atoms with Crippen molar-refractivity contribution in [1.29, 1.82) is 0 Å². The van der Waals surface area contributed by atoms with Crippen LogP contribution in [0.1, 0.15) is 20.3 Å². The van der Waals surface area contributed by atoms with Crippen LogP contribution >= 0.6 is 0 Å². The van der Waals surface area contributed by atoms with E-state index in [1.807, 2.05) is 11.8 Å². The van der Waals surface area contributed by atoms with Crippen molar-refractivity contribution < 1.29 is 9.53 Å². The number of carbonyl (C=O) groups excluding carboxylic acids is 1. The van der Waals surface area contributed by atoms with Gasteiger partial charge in [-0.3, -0.25) is 0 Å². The minimum atomic E-state index is -0.171. The molecule has 0 aromatic rings. The van der Waals surface area contributed by atoms with Gasteiger partial charge in [-0.15, -0.1) is 0 Å². The Bertz CT molecular complexity index is 173. The number of ether oxygens (including phenoxy) is 1. The minimum absolute atomic E-state index is 0.171. The maximum atomic E-state index is 11.4. The van der Waals surface area contributed by atoms with Crippen molar-refractivity contribution in [3.05, 3.63) is 0 Å². The van der Waals surface area contributed by atoms with Crippen LogP contribution in [0.25, 0.3) is 0 Å². The molecule has 1 unspecified atom stereocenters. The fraction of sp³-hybridized carbons (Fsp3) is 0.889. The highest BCUT2D eigenvalue weighted by Gasteiger charge is 2.25. The number of rotatable bonds is 2. The summed E-state index contributed by atoms with van der Waals surface area (Å²) in [6.07, 6.45) is 0.807. The van der Waals surface area contributed by atoms with Gasteiger partial charge in [0.25, 0.3) is 0 Å². The molecule has 0 aromatic heterocycles. The van der Waals surface area contributed by atoms with E-state index in [-0.39, 0.29) is 6.09 Å². The van der Waals surface area contributed by atoms with Crippen molar-refractivity contribution in [2.24, 2.45) is 0 Å². The smallest absolute Gasteiger partial charge is 0.410 e. The van der Waals surface area contributed by atoms with Gasteiger partial charge in [0.1, 0.15) is 0 Å². The van der Waals surface area contributed by atoms with E-state index in [2.05, 4.69) is 12.2 Å². The highest BCUT2D eigenvalue weighted by Crippen LogP contribution is 2.08. The first kappa shape index (κ1) is 10.3. The van der Waals surface area contributed by atoms with Crippen LogP contribution in [0, 0.1) is 0 Å².